The van der Waals surface area contributed by atoms with Crippen LogP contribution in [0.2, 0.25) is 0 Å². The average molecular weight is 559 g/mol. The molecule has 1 unspecified atom stereocenters. The van der Waals surface area contributed by atoms with Gasteiger partial charge in [-0.15, -0.1) is 0 Å². The number of carbonyl (C=O) groups is 1. The summed E-state index contributed by atoms with van der Waals surface area (Å²) in [4.78, 5) is 13.7. The van der Waals surface area contributed by atoms with Crippen LogP contribution in [0.15, 0.2) is 47.4 Å². The maximum absolute atomic E-state index is 13.0. The molecule has 1 atom stereocenters. The topological polar surface area (TPSA) is 106 Å². The maximum Gasteiger partial charge on any atom is 0.490 e. The van der Waals surface area contributed by atoms with Crippen LogP contribution in [0.4, 0.5) is 13.2 Å². The highest BCUT2D eigenvalue weighted by molar-refractivity contribution is 7.89. The van der Waals surface area contributed by atoms with Gasteiger partial charge in [-0.2, -0.15) is 17.5 Å². The highest BCUT2D eigenvalue weighted by atomic mass is 32.2. The Morgan fingerprint density at radius 1 is 1.16 bits per heavy atom. The molecule has 2 saturated heterocycles. The third-order valence-electron chi connectivity index (χ3n) is 6.88. The number of hydrogen-bond donors (Lipinski definition) is 1. The van der Waals surface area contributed by atoms with Crippen LogP contribution in [0, 0.1) is 19.8 Å². The van der Waals surface area contributed by atoms with Crippen molar-refractivity contribution in [3.05, 3.63) is 59.4 Å². The van der Waals surface area contributed by atoms with Crippen molar-refractivity contribution < 1.29 is 41.0 Å². The van der Waals surface area contributed by atoms with E-state index >= 15 is 0 Å². The van der Waals surface area contributed by atoms with Crippen LogP contribution in [0.25, 0.3) is 0 Å². The van der Waals surface area contributed by atoms with Gasteiger partial charge >= 0.3 is 12.1 Å². The molecule has 0 aliphatic carbocycles. The number of benzene rings is 1. The largest absolute Gasteiger partial charge is 0.490 e. The Morgan fingerprint density at radius 3 is 2.37 bits per heavy atom. The van der Waals surface area contributed by atoms with Gasteiger partial charge in [0.15, 0.2) is 0 Å². The number of halogens is 3. The molecule has 2 fully saturated rings. The number of hydrogen-bond acceptors (Lipinski definition) is 6. The van der Waals surface area contributed by atoms with Gasteiger partial charge in [0.2, 0.25) is 10.0 Å². The Hall–Kier alpha value is -2.54. The van der Waals surface area contributed by atoms with Crippen LogP contribution in [-0.2, 0) is 30.9 Å². The molecule has 0 amide bonds. The molecule has 0 radical (unpaired) electrons. The van der Waals surface area contributed by atoms with E-state index in [4.69, 9.17) is 19.4 Å². The number of alkyl halides is 3. The number of sulfonamides is 1. The van der Waals surface area contributed by atoms with Gasteiger partial charge in [-0.1, -0.05) is 23.8 Å². The second-order valence-electron chi connectivity index (χ2n) is 9.53. The number of piperidine rings is 1. The van der Waals surface area contributed by atoms with Crippen molar-refractivity contribution in [3.8, 4) is 0 Å². The normalized spacial score (nSPS) is 19.7. The van der Waals surface area contributed by atoms with E-state index in [2.05, 4.69) is 4.98 Å². The van der Waals surface area contributed by atoms with Crippen molar-refractivity contribution in [2.75, 3.05) is 26.3 Å². The average Bonchev–Trinajstić information content (AvgIpc) is 3.23. The fourth-order valence-corrected chi connectivity index (χ4v) is 6.23. The molecule has 3 heterocycles. The lowest BCUT2D eigenvalue weighted by molar-refractivity contribution is -0.192. The van der Waals surface area contributed by atoms with Crippen molar-refractivity contribution in [1.29, 1.82) is 0 Å². The van der Waals surface area contributed by atoms with E-state index in [1.807, 2.05) is 44.2 Å². The zero-order chi connectivity index (χ0) is 28.0. The third kappa shape index (κ3) is 7.75. The van der Waals surface area contributed by atoms with E-state index < -0.39 is 22.2 Å². The Kier molecular flexibility index (Phi) is 9.91. The molecule has 38 heavy (non-hydrogen) atoms. The minimum atomic E-state index is -5.08. The lowest BCUT2D eigenvalue weighted by Gasteiger charge is -2.41. The van der Waals surface area contributed by atoms with Crippen molar-refractivity contribution >= 4 is 16.0 Å². The quantitative estimate of drug-likeness (QED) is 0.499. The molecule has 12 heteroatoms. The Balaban J connectivity index is 0.000000505. The predicted molar refractivity (Wildman–Crippen MR) is 133 cm³/mol. The molecule has 2 aliphatic heterocycles. The Labute approximate surface area is 220 Å². The summed E-state index contributed by atoms with van der Waals surface area (Å²) in [6.07, 6.45) is -1.67. The van der Waals surface area contributed by atoms with Gasteiger partial charge in [-0.3, -0.25) is 4.98 Å². The molecule has 8 nitrogen and oxygen atoms in total. The van der Waals surface area contributed by atoms with Crippen LogP contribution in [0.3, 0.4) is 0 Å². The molecule has 4 rings (SSSR count). The summed E-state index contributed by atoms with van der Waals surface area (Å²) in [7, 11) is -3.45. The summed E-state index contributed by atoms with van der Waals surface area (Å²) < 4.78 is 71.5. The van der Waals surface area contributed by atoms with Crippen molar-refractivity contribution in [1.82, 2.24) is 9.29 Å². The highest BCUT2D eigenvalue weighted by Gasteiger charge is 2.47. The second kappa shape index (κ2) is 12.5. The van der Waals surface area contributed by atoms with Crippen LogP contribution < -0.4 is 0 Å². The van der Waals surface area contributed by atoms with Gasteiger partial charge in [-0.25, -0.2) is 13.2 Å². The molecule has 2 aromatic rings. The van der Waals surface area contributed by atoms with Crippen LogP contribution in [0.1, 0.15) is 42.6 Å². The van der Waals surface area contributed by atoms with Gasteiger partial charge in [-0.05, 0) is 69.7 Å². The Bertz CT molecular complexity index is 1180. The maximum atomic E-state index is 13.0. The van der Waals surface area contributed by atoms with E-state index in [0.29, 0.717) is 37.1 Å². The number of nitrogens with zero attached hydrogens (tertiary/aromatic N) is 2. The van der Waals surface area contributed by atoms with Crippen molar-refractivity contribution in [3.63, 3.8) is 0 Å². The zero-order valence-corrected chi connectivity index (χ0v) is 22.2. The smallest absolute Gasteiger partial charge is 0.475 e. The van der Waals surface area contributed by atoms with Crippen LogP contribution in [-0.4, -0.2) is 66.9 Å². The van der Waals surface area contributed by atoms with E-state index in [0.717, 1.165) is 49.2 Å². The van der Waals surface area contributed by atoms with Crippen LogP contribution >= 0.6 is 0 Å². The first-order valence-corrected chi connectivity index (χ1v) is 13.8. The van der Waals surface area contributed by atoms with Gasteiger partial charge in [0.05, 0.1) is 22.8 Å². The first kappa shape index (κ1) is 30.0. The molecule has 1 N–H and O–H groups in total. The van der Waals surface area contributed by atoms with E-state index in [1.54, 1.807) is 16.4 Å². The van der Waals surface area contributed by atoms with E-state index in [1.165, 1.54) is 0 Å². The summed E-state index contributed by atoms with van der Waals surface area (Å²) in [6.45, 7) is 6.87. The lowest BCUT2D eigenvalue weighted by Crippen LogP contribution is -2.49. The molecule has 0 bridgehead atoms. The summed E-state index contributed by atoms with van der Waals surface area (Å²) in [6, 6.07) is 13.1. The number of aliphatic carboxylic acids is 1. The number of aryl methyl sites for hydroxylation is 2. The number of carboxylic acid groups (broad SMARTS) is 1. The molecule has 1 aromatic carbocycles. The monoisotopic (exact) mass is 558 g/mol. The summed E-state index contributed by atoms with van der Waals surface area (Å²) in [5.41, 5.74) is 2.78. The standard InChI is InChI=1S/C24H32N2O4S.C2HF3O2/c1-19-6-8-23(9-7-19)31(27,28)26-14-12-24(13-15-26)21(11-17-30-24)10-16-29-18-22-5-3-4-20(2)25-22;3-2(4,5)1(6)7/h3-9,21H,10-18H2,1-2H3;(H,6,7). The minimum absolute atomic E-state index is 0.218. The van der Waals surface area contributed by atoms with Gasteiger partial charge in [0, 0.05) is 32.0 Å². The summed E-state index contributed by atoms with van der Waals surface area (Å²) in [5, 5.41) is 7.12. The molecular formula is C26H33F3N2O6S. The minimum Gasteiger partial charge on any atom is -0.475 e. The highest BCUT2D eigenvalue weighted by Crippen LogP contribution is 2.43. The van der Waals surface area contributed by atoms with Gasteiger partial charge < -0.3 is 14.6 Å². The predicted octanol–water partition coefficient (Wildman–Crippen LogP) is 4.50. The molecular weight excluding hydrogens is 525 g/mol. The van der Waals surface area contributed by atoms with E-state index in [-0.39, 0.29) is 5.60 Å². The molecule has 210 valence electrons. The first-order chi connectivity index (χ1) is 17.8. The van der Waals surface area contributed by atoms with Gasteiger partial charge in [0.25, 0.3) is 0 Å². The lowest BCUT2D eigenvalue weighted by atomic mass is 9.78. The molecule has 1 spiro atoms. The van der Waals surface area contributed by atoms with Gasteiger partial charge in [0.1, 0.15) is 0 Å². The molecule has 0 saturated carbocycles. The zero-order valence-electron chi connectivity index (χ0n) is 21.4. The summed E-state index contributed by atoms with van der Waals surface area (Å²) >= 11 is 0. The number of pyridine rings is 1. The fraction of sp³-hybridized carbons (Fsp3) is 0.538. The third-order valence-corrected chi connectivity index (χ3v) is 8.79. The SMILES string of the molecule is Cc1ccc(S(=O)(=O)N2CCC3(CC2)OCCC3CCOCc2cccc(C)n2)cc1.O=C(O)C(F)(F)F. The number of rotatable bonds is 7. The molecule has 2 aliphatic rings. The Morgan fingerprint density at radius 2 is 1.79 bits per heavy atom. The van der Waals surface area contributed by atoms with E-state index in [9.17, 15) is 21.6 Å². The molecule has 1 aromatic heterocycles. The number of carboxylic acids is 1. The first-order valence-electron chi connectivity index (χ1n) is 12.3. The summed E-state index contributed by atoms with van der Waals surface area (Å²) in [5.74, 6) is -2.35. The number of aromatic nitrogens is 1. The van der Waals surface area contributed by atoms with Crippen LogP contribution in [0.5, 0.6) is 0 Å². The second-order valence-corrected chi connectivity index (χ2v) is 11.5. The fourth-order valence-electron chi connectivity index (χ4n) is 4.79. The van der Waals surface area contributed by atoms with Crippen molar-refractivity contribution in [2.24, 2.45) is 5.92 Å². The van der Waals surface area contributed by atoms with Crippen molar-refractivity contribution in [2.45, 2.75) is 62.8 Å². The number of ether oxygens (including phenoxy) is 2.